The van der Waals surface area contributed by atoms with E-state index in [1.165, 1.54) is 0 Å². The van der Waals surface area contributed by atoms with Crippen LogP contribution < -0.4 is 5.73 Å². The summed E-state index contributed by atoms with van der Waals surface area (Å²) < 4.78 is 18.5. The normalized spacial score (nSPS) is 24.1. The summed E-state index contributed by atoms with van der Waals surface area (Å²) >= 11 is 0. The summed E-state index contributed by atoms with van der Waals surface area (Å²) in [4.78, 5) is 12.0. The standard InChI is InChI=1S/C19H33N3O5/c1-3-16(14(2)23)17-12-15(24)13-27-19(17)18-4-6-22(21-18)7-9-26-11-10-25-8-5-20/h4,6,15-17,19,24H,3,5,7-13,20H2,1-2H3/t15-,16?,17+,19+/m1/s1. The lowest BCUT2D eigenvalue weighted by Gasteiger charge is -2.37. The van der Waals surface area contributed by atoms with Crippen LogP contribution in [-0.4, -0.2) is 66.4 Å². The maximum absolute atomic E-state index is 12.0. The van der Waals surface area contributed by atoms with E-state index >= 15 is 0 Å². The topological polar surface area (TPSA) is 109 Å². The molecule has 8 heteroatoms. The van der Waals surface area contributed by atoms with Gasteiger partial charge in [0.1, 0.15) is 11.9 Å². The quantitative estimate of drug-likeness (QED) is 0.517. The van der Waals surface area contributed by atoms with Gasteiger partial charge in [-0.05, 0) is 25.8 Å². The van der Waals surface area contributed by atoms with E-state index in [2.05, 4.69) is 5.10 Å². The summed E-state index contributed by atoms with van der Waals surface area (Å²) in [5, 5.41) is 14.6. The molecular weight excluding hydrogens is 350 g/mol. The molecular formula is C19H33N3O5. The van der Waals surface area contributed by atoms with Crippen molar-refractivity contribution in [3.63, 3.8) is 0 Å². The van der Waals surface area contributed by atoms with Gasteiger partial charge < -0.3 is 25.1 Å². The van der Waals surface area contributed by atoms with Crippen LogP contribution in [0.2, 0.25) is 0 Å². The summed E-state index contributed by atoms with van der Waals surface area (Å²) in [5.41, 5.74) is 6.15. The number of Topliss-reactive ketones (excluding diaryl/α,β-unsaturated/α-hetero) is 1. The number of aliphatic hydroxyl groups excluding tert-OH is 1. The number of hydrogen-bond donors (Lipinski definition) is 2. The summed E-state index contributed by atoms with van der Waals surface area (Å²) in [7, 11) is 0. The molecule has 0 spiro atoms. The van der Waals surface area contributed by atoms with Crippen molar-refractivity contribution in [3.8, 4) is 0 Å². The maximum Gasteiger partial charge on any atom is 0.133 e. The Morgan fingerprint density at radius 2 is 2.15 bits per heavy atom. The predicted octanol–water partition coefficient (Wildman–Crippen LogP) is 0.929. The third-order valence-corrected chi connectivity index (χ3v) is 4.93. The van der Waals surface area contributed by atoms with Crippen molar-refractivity contribution >= 4 is 5.78 Å². The van der Waals surface area contributed by atoms with Gasteiger partial charge in [0, 0.05) is 24.6 Å². The first-order valence-corrected chi connectivity index (χ1v) is 9.75. The molecule has 2 heterocycles. The van der Waals surface area contributed by atoms with Crippen LogP contribution >= 0.6 is 0 Å². The Bertz CT molecular complexity index is 565. The molecule has 0 aromatic carbocycles. The number of ketones is 1. The number of hydrogen-bond acceptors (Lipinski definition) is 7. The lowest BCUT2D eigenvalue weighted by molar-refractivity contribution is -0.136. The highest BCUT2D eigenvalue weighted by atomic mass is 16.5. The molecule has 1 aliphatic rings. The van der Waals surface area contributed by atoms with Gasteiger partial charge in [0.15, 0.2) is 0 Å². The molecule has 0 radical (unpaired) electrons. The smallest absolute Gasteiger partial charge is 0.133 e. The fourth-order valence-electron chi connectivity index (χ4n) is 3.63. The van der Waals surface area contributed by atoms with Crippen molar-refractivity contribution in [2.75, 3.05) is 39.6 Å². The highest BCUT2D eigenvalue weighted by Gasteiger charge is 2.39. The molecule has 0 saturated carbocycles. The van der Waals surface area contributed by atoms with Gasteiger partial charge in [0.25, 0.3) is 0 Å². The number of carbonyl (C=O) groups excluding carboxylic acids is 1. The average Bonchev–Trinajstić information content (AvgIpc) is 3.10. The molecule has 3 N–H and O–H groups in total. The van der Waals surface area contributed by atoms with E-state index in [0.29, 0.717) is 45.9 Å². The van der Waals surface area contributed by atoms with Crippen LogP contribution in [-0.2, 0) is 25.5 Å². The minimum absolute atomic E-state index is 0.0597. The van der Waals surface area contributed by atoms with Crippen LogP contribution in [0, 0.1) is 11.8 Å². The lowest BCUT2D eigenvalue weighted by atomic mass is 9.77. The number of carbonyl (C=O) groups is 1. The van der Waals surface area contributed by atoms with Crippen LogP contribution in [0.5, 0.6) is 0 Å². The van der Waals surface area contributed by atoms with Gasteiger partial charge in [-0.3, -0.25) is 9.48 Å². The Kier molecular flexibility index (Phi) is 9.36. The van der Waals surface area contributed by atoms with E-state index in [-0.39, 0.29) is 30.3 Å². The van der Waals surface area contributed by atoms with Crippen LogP contribution in [0.3, 0.4) is 0 Å². The SMILES string of the molecule is CCC(C(C)=O)[C@@H]1C[C@@H](O)CO[C@@H]1c1ccn(CCOCCOCCN)n1. The molecule has 0 aliphatic carbocycles. The number of nitrogens with two attached hydrogens (primary N) is 1. The number of rotatable bonds is 12. The minimum atomic E-state index is -0.531. The largest absolute Gasteiger partial charge is 0.391 e. The fourth-order valence-corrected chi connectivity index (χ4v) is 3.63. The first kappa shape index (κ1) is 22.0. The first-order chi connectivity index (χ1) is 13.1. The van der Waals surface area contributed by atoms with Crippen molar-refractivity contribution in [2.24, 2.45) is 17.6 Å². The van der Waals surface area contributed by atoms with Gasteiger partial charge in [-0.15, -0.1) is 0 Å². The molecule has 0 amide bonds. The fraction of sp³-hybridized carbons (Fsp3) is 0.789. The summed E-state index contributed by atoms with van der Waals surface area (Å²) in [5.74, 6) is -0.0580. The summed E-state index contributed by atoms with van der Waals surface area (Å²) in [6.45, 7) is 7.15. The minimum Gasteiger partial charge on any atom is -0.391 e. The van der Waals surface area contributed by atoms with Gasteiger partial charge in [-0.2, -0.15) is 5.10 Å². The van der Waals surface area contributed by atoms with E-state index in [9.17, 15) is 9.90 Å². The summed E-state index contributed by atoms with van der Waals surface area (Å²) in [6, 6.07) is 1.92. The van der Waals surface area contributed by atoms with Crippen molar-refractivity contribution in [3.05, 3.63) is 18.0 Å². The Morgan fingerprint density at radius 3 is 2.81 bits per heavy atom. The van der Waals surface area contributed by atoms with Crippen LogP contribution in [0.15, 0.2) is 12.3 Å². The van der Waals surface area contributed by atoms with Crippen LogP contribution in [0.25, 0.3) is 0 Å². The van der Waals surface area contributed by atoms with Gasteiger partial charge in [0.2, 0.25) is 0 Å². The molecule has 0 bridgehead atoms. The molecule has 1 saturated heterocycles. The first-order valence-electron chi connectivity index (χ1n) is 9.75. The van der Waals surface area contributed by atoms with E-state index in [1.54, 1.807) is 6.92 Å². The zero-order chi connectivity index (χ0) is 19.6. The number of nitrogens with zero attached hydrogens (tertiary/aromatic N) is 2. The van der Waals surface area contributed by atoms with Crippen molar-refractivity contribution in [1.82, 2.24) is 9.78 Å². The monoisotopic (exact) mass is 383 g/mol. The summed E-state index contributed by atoms with van der Waals surface area (Å²) in [6.07, 6.45) is 2.38. The van der Waals surface area contributed by atoms with Crippen molar-refractivity contribution in [2.45, 2.75) is 45.4 Å². The second-order valence-electron chi connectivity index (χ2n) is 6.95. The van der Waals surface area contributed by atoms with E-state index in [4.69, 9.17) is 19.9 Å². The predicted molar refractivity (Wildman–Crippen MR) is 100 cm³/mol. The molecule has 1 aromatic heterocycles. The van der Waals surface area contributed by atoms with Gasteiger partial charge in [-0.25, -0.2) is 0 Å². The zero-order valence-corrected chi connectivity index (χ0v) is 16.4. The van der Waals surface area contributed by atoms with E-state index < -0.39 is 6.10 Å². The van der Waals surface area contributed by atoms with Gasteiger partial charge >= 0.3 is 0 Å². The second-order valence-corrected chi connectivity index (χ2v) is 6.95. The molecule has 8 nitrogen and oxygen atoms in total. The molecule has 4 atom stereocenters. The molecule has 1 aromatic rings. The third-order valence-electron chi connectivity index (χ3n) is 4.93. The number of ether oxygens (including phenoxy) is 3. The molecule has 1 unspecified atom stereocenters. The third kappa shape index (κ3) is 6.65. The molecule has 1 fully saturated rings. The van der Waals surface area contributed by atoms with E-state index in [0.717, 1.165) is 12.1 Å². The Labute approximate surface area is 161 Å². The number of aromatic nitrogens is 2. The van der Waals surface area contributed by atoms with Gasteiger partial charge in [0.05, 0.1) is 51.4 Å². The number of aliphatic hydroxyl groups is 1. The Morgan fingerprint density at radius 1 is 1.41 bits per heavy atom. The molecule has 154 valence electrons. The average molecular weight is 383 g/mol. The van der Waals surface area contributed by atoms with Crippen molar-refractivity contribution in [1.29, 1.82) is 0 Å². The maximum atomic E-state index is 12.0. The highest BCUT2D eigenvalue weighted by molar-refractivity contribution is 5.78. The van der Waals surface area contributed by atoms with Gasteiger partial charge in [-0.1, -0.05) is 6.92 Å². The highest BCUT2D eigenvalue weighted by Crippen LogP contribution is 2.39. The molecule has 1 aliphatic heterocycles. The van der Waals surface area contributed by atoms with Crippen LogP contribution in [0.1, 0.15) is 38.5 Å². The Balaban J connectivity index is 1.89. The Hall–Kier alpha value is -1.32. The molecule has 2 rings (SSSR count). The van der Waals surface area contributed by atoms with Crippen LogP contribution in [0.4, 0.5) is 0 Å². The zero-order valence-electron chi connectivity index (χ0n) is 16.4. The van der Waals surface area contributed by atoms with Crippen molar-refractivity contribution < 1.29 is 24.1 Å². The lowest BCUT2D eigenvalue weighted by Crippen LogP contribution is -2.38. The second kappa shape index (κ2) is 11.5. The molecule has 27 heavy (non-hydrogen) atoms. The van der Waals surface area contributed by atoms with E-state index in [1.807, 2.05) is 23.9 Å².